The van der Waals surface area contributed by atoms with Crippen molar-refractivity contribution in [2.45, 2.75) is 19.8 Å². The summed E-state index contributed by atoms with van der Waals surface area (Å²) in [6.45, 7) is 5.40. The van der Waals surface area contributed by atoms with Crippen molar-refractivity contribution in [1.29, 1.82) is 0 Å². The average molecular weight is 257 g/mol. The zero-order valence-corrected chi connectivity index (χ0v) is 10.3. The summed E-state index contributed by atoms with van der Waals surface area (Å²) in [6.07, 6.45) is 0.205. The van der Waals surface area contributed by atoms with Crippen LogP contribution >= 0.6 is 0 Å². The summed E-state index contributed by atoms with van der Waals surface area (Å²) in [6, 6.07) is -0.445. The molecule has 0 fully saturated rings. The topological polar surface area (TPSA) is 108 Å². The number of amides is 2. The fourth-order valence-corrected chi connectivity index (χ4v) is 0.929. The highest BCUT2D eigenvalue weighted by Gasteiger charge is 2.03. The molecule has 2 N–H and O–H groups in total. The summed E-state index contributed by atoms with van der Waals surface area (Å²) in [4.78, 5) is 32.2. The third kappa shape index (κ3) is 9.20. The van der Waals surface area contributed by atoms with Gasteiger partial charge in [0.25, 0.3) is 0 Å². The number of nitrogens with one attached hydrogen (secondary N) is 2. The summed E-state index contributed by atoms with van der Waals surface area (Å²) in [5.74, 6) is -1.66. The Hall–Kier alpha value is -2.05. The lowest BCUT2D eigenvalue weighted by Gasteiger charge is -2.08. The van der Waals surface area contributed by atoms with Gasteiger partial charge in [-0.2, -0.15) is 0 Å². The minimum atomic E-state index is -1.15. The molecule has 0 aromatic carbocycles. The summed E-state index contributed by atoms with van der Waals surface area (Å²) in [7, 11) is 0. The van der Waals surface area contributed by atoms with Crippen LogP contribution in [0.5, 0.6) is 0 Å². The zero-order chi connectivity index (χ0) is 14.0. The molecule has 0 aliphatic carbocycles. The van der Waals surface area contributed by atoms with Crippen LogP contribution in [-0.2, 0) is 14.3 Å². The molecule has 0 aromatic rings. The van der Waals surface area contributed by atoms with E-state index in [4.69, 9.17) is 4.74 Å². The van der Waals surface area contributed by atoms with Gasteiger partial charge in [0.1, 0.15) is 6.61 Å². The van der Waals surface area contributed by atoms with Gasteiger partial charge in [0.15, 0.2) is 0 Å². The number of hydrogen-bond acceptors (Lipinski definition) is 5. The van der Waals surface area contributed by atoms with Crippen molar-refractivity contribution in [3.63, 3.8) is 0 Å². The maximum atomic E-state index is 11.1. The summed E-state index contributed by atoms with van der Waals surface area (Å²) in [5.41, 5.74) is 0.293. The molecule has 0 unspecified atom stereocenters. The molecule has 0 atom stereocenters. The van der Waals surface area contributed by atoms with Crippen molar-refractivity contribution >= 4 is 18.0 Å². The largest absolute Gasteiger partial charge is 0.550 e. The molecule has 0 saturated heterocycles. The van der Waals surface area contributed by atoms with Crippen molar-refractivity contribution in [3.8, 4) is 0 Å². The van der Waals surface area contributed by atoms with Crippen LogP contribution in [0, 0.1) is 0 Å². The number of aliphatic carboxylic acids is 1. The number of carboxylic acids is 1. The van der Waals surface area contributed by atoms with Gasteiger partial charge in [-0.05, 0) is 19.8 Å². The fourth-order valence-electron chi connectivity index (χ4n) is 0.929. The Morgan fingerprint density at radius 2 is 1.83 bits per heavy atom. The van der Waals surface area contributed by atoms with E-state index in [1.165, 1.54) is 6.92 Å². The molecule has 0 bridgehead atoms. The van der Waals surface area contributed by atoms with Crippen LogP contribution in [0.2, 0.25) is 0 Å². The highest BCUT2D eigenvalue weighted by atomic mass is 16.5. The number of carboxylic acid groups (broad SMARTS) is 1. The molecule has 0 aliphatic rings. The van der Waals surface area contributed by atoms with E-state index in [1.807, 2.05) is 0 Å². The lowest BCUT2D eigenvalue weighted by atomic mass is 10.3. The Balaban J connectivity index is 3.45. The first kappa shape index (κ1) is 16.0. The number of ether oxygens (including phenoxy) is 1. The molecule has 102 valence electrons. The number of hydrogen-bond donors (Lipinski definition) is 2. The van der Waals surface area contributed by atoms with Crippen molar-refractivity contribution in [2.75, 3.05) is 19.7 Å². The lowest BCUT2D eigenvalue weighted by molar-refractivity contribution is -0.305. The van der Waals surface area contributed by atoms with E-state index in [0.717, 1.165) is 0 Å². The van der Waals surface area contributed by atoms with Crippen molar-refractivity contribution in [3.05, 3.63) is 12.2 Å². The molecule has 7 heteroatoms. The van der Waals surface area contributed by atoms with Crippen molar-refractivity contribution in [2.24, 2.45) is 0 Å². The van der Waals surface area contributed by atoms with Crippen LogP contribution in [0.4, 0.5) is 4.79 Å². The lowest BCUT2D eigenvalue weighted by Crippen LogP contribution is -2.38. The van der Waals surface area contributed by atoms with Crippen LogP contribution in [0.25, 0.3) is 0 Å². The second-order valence-electron chi connectivity index (χ2n) is 3.57. The molecule has 7 nitrogen and oxygen atoms in total. The maximum absolute atomic E-state index is 11.1. The summed E-state index contributed by atoms with van der Waals surface area (Å²) < 4.78 is 4.74. The monoisotopic (exact) mass is 257 g/mol. The van der Waals surface area contributed by atoms with Gasteiger partial charge in [-0.3, -0.25) is 0 Å². The molecule has 0 saturated carbocycles. The minimum absolute atomic E-state index is 0.0537. The van der Waals surface area contributed by atoms with Gasteiger partial charge in [0, 0.05) is 18.1 Å². The highest BCUT2D eigenvalue weighted by Crippen LogP contribution is 1.90. The predicted octanol–water partition coefficient (Wildman–Crippen LogP) is -1.06. The molecule has 0 spiro atoms. The van der Waals surface area contributed by atoms with E-state index in [-0.39, 0.29) is 26.1 Å². The Labute approximate surface area is 105 Å². The van der Waals surface area contributed by atoms with E-state index in [2.05, 4.69) is 17.2 Å². The van der Waals surface area contributed by atoms with Crippen LogP contribution in [0.15, 0.2) is 12.2 Å². The Morgan fingerprint density at radius 3 is 2.39 bits per heavy atom. The van der Waals surface area contributed by atoms with Crippen molar-refractivity contribution < 1.29 is 24.2 Å². The molecule has 0 rings (SSSR count). The van der Waals surface area contributed by atoms with Gasteiger partial charge in [0.2, 0.25) is 0 Å². The first-order valence-electron chi connectivity index (χ1n) is 5.47. The van der Waals surface area contributed by atoms with E-state index in [1.54, 1.807) is 0 Å². The second kappa shape index (κ2) is 9.03. The van der Waals surface area contributed by atoms with E-state index < -0.39 is 18.0 Å². The van der Waals surface area contributed by atoms with Gasteiger partial charge in [0.05, 0.1) is 6.54 Å². The van der Waals surface area contributed by atoms with Gasteiger partial charge in [-0.1, -0.05) is 6.58 Å². The standard InChI is InChI=1S/C11H18N2O5/c1-8(2)10(16)18-7-6-13-11(17)12-5-3-4-9(14)15/h1,3-7H2,2H3,(H,14,15)(H2,12,13,17)/p-1. The van der Waals surface area contributed by atoms with Gasteiger partial charge in [-0.25, -0.2) is 9.59 Å². The summed E-state index contributed by atoms with van der Waals surface area (Å²) in [5, 5.41) is 15.0. The number of esters is 1. The SMILES string of the molecule is C=C(C)C(=O)OCCNC(=O)NCCCC(=O)[O-]. The molecule has 0 aromatic heterocycles. The highest BCUT2D eigenvalue weighted by molar-refractivity contribution is 5.86. The van der Waals surface area contributed by atoms with Gasteiger partial charge >= 0.3 is 12.0 Å². The molecule has 0 heterocycles. The fraction of sp³-hybridized carbons (Fsp3) is 0.545. The third-order valence-electron chi connectivity index (χ3n) is 1.81. The first-order chi connectivity index (χ1) is 8.43. The second-order valence-corrected chi connectivity index (χ2v) is 3.57. The maximum Gasteiger partial charge on any atom is 0.333 e. The predicted molar refractivity (Wildman–Crippen MR) is 61.4 cm³/mol. The molecular formula is C11H17N2O5-. The zero-order valence-electron chi connectivity index (χ0n) is 10.3. The molecular weight excluding hydrogens is 240 g/mol. The number of carbonyl (C=O) groups excluding carboxylic acids is 3. The Bertz CT molecular complexity index is 327. The third-order valence-corrected chi connectivity index (χ3v) is 1.81. The van der Waals surface area contributed by atoms with Crippen molar-refractivity contribution in [1.82, 2.24) is 10.6 Å². The Morgan fingerprint density at radius 1 is 1.22 bits per heavy atom. The quantitative estimate of drug-likeness (QED) is 0.327. The number of urea groups is 1. The van der Waals surface area contributed by atoms with Gasteiger partial charge in [-0.15, -0.1) is 0 Å². The molecule has 0 radical (unpaired) electrons. The number of rotatable bonds is 8. The van der Waals surface area contributed by atoms with E-state index >= 15 is 0 Å². The van der Waals surface area contributed by atoms with Crippen LogP contribution < -0.4 is 15.7 Å². The number of carbonyl (C=O) groups is 3. The normalized spacial score (nSPS) is 9.39. The molecule has 2 amide bonds. The van der Waals surface area contributed by atoms with Crippen LogP contribution in [0.3, 0.4) is 0 Å². The summed E-state index contributed by atoms with van der Waals surface area (Å²) >= 11 is 0. The Kier molecular flexibility index (Phi) is 8.00. The smallest absolute Gasteiger partial charge is 0.333 e. The minimum Gasteiger partial charge on any atom is -0.550 e. The first-order valence-corrected chi connectivity index (χ1v) is 5.47. The van der Waals surface area contributed by atoms with Gasteiger partial charge < -0.3 is 25.3 Å². The molecule has 18 heavy (non-hydrogen) atoms. The van der Waals surface area contributed by atoms with E-state index in [0.29, 0.717) is 12.0 Å². The van der Waals surface area contributed by atoms with Crippen LogP contribution in [0.1, 0.15) is 19.8 Å². The molecule has 0 aliphatic heterocycles. The average Bonchev–Trinajstić information content (AvgIpc) is 2.29. The van der Waals surface area contributed by atoms with Crippen LogP contribution in [-0.4, -0.2) is 37.7 Å². The van der Waals surface area contributed by atoms with E-state index in [9.17, 15) is 19.5 Å².